The summed E-state index contributed by atoms with van der Waals surface area (Å²) in [6.07, 6.45) is 3.91. The fraction of sp³-hybridized carbons (Fsp3) is 0.286. The maximum atomic E-state index is 5.23. The first-order valence-electron chi connectivity index (χ1n) is 6.34. The smallest absolute Gasteiger partial charge is 0.170 e. The zero-order valence-corrected chi connectivity index (χ0v) is 11.8. The van der Waals surface area contributed by atoms with Gasteiger partial charge < -0.3 is 10.6 Å². The number of rotatable bonds is 5. The number of hydrogen-bond acceptors (Lipinski definition) is 2. The molecule has 4 nitrogen and oxygen atoms in total. The predicted molar refractivity (Wildman–Crippen MR) is 82.3 cm³/mol. The van der Waals surface area contributed by atoms with Gasteiger partial charge in [0, 0.05) is 17.9 Å². The summed E-state index contributed by atoms with van der Waals surface area (Å²) in [7, 11) is 0. The van der Waals surface area contributed by atoms with E-state index in [-0.39, 0.29) is 0 Å². The summed E-state index contributed by atoms with van der Waals surface area (Å²) in [6, 6.07) is 9.92. The van der Waals surface area contributed by atoms with Crippen LogP contribution in [0.5, 0.6) is 0 Å². The Morgan fingerprint density at radius 3 is 2.79 bits per heavy atom. The first-order valence-corrected chi connectivity index (χ1v) is 6.75. The van der Waals surface area contributed by atoms with Crippen LogP contribution in [0.4, 0.5) is 5.69 Å². The molecule has 3 N–H and O–H groups in total. The summed E-state index contributed by atoms with van der Waals surface area (Å²) in [6.45, 7) is 2.89. The van der Waals surface area contributed by atoms with Gasteiger partial charge in [-0.3, -0.25) is 5.10 Å². The molecule has 0 amide bonds. The molecule has 0 spiro atoms. The van der Waals surface area contributed by atoms with Gasteiger partial charge in [-0.2, -0.15) is 5.10 Å². The number of nitrogens with one attached hydrogen (secondary N) is 3. The highest BCUT2D eigenvalue weighted by atomic mass is 32.1. The average molecular weight is 274 g/mol. The van der Waals surface area contributed by atoms with Crippen molar-refractivity contribution in [1.29, 1.82) is 0 Å². The summed E-state index contributed by atoms with van der Waals surface area (Å²) in [5.74, 6) is 0. The number of aromatic nitrogens is 2. The SMILES string of the molecule is Cc1[nH]ncc1CCCNC(=S)Nc1ccccc1. The van der Waals surface area contributed by atoms with Gasteiger partial charge in [0.25, 0.3) is 0 Å². The summed E-state index contributed by atoms with van der Waals surface area (Å²) in [5.41, 5.74) is 3.42. The summed E-state index contributed by atoms with van der Waals surface area (Å²) >= 11 is 5.23. The largest absolute Gasteiger partial charge is 0.362 e. The Morgan fingerprint density at radius 1 is 1.32 bits per heavy atom. The molecule has 0 unspecified atom stereocenters. The second-order valence-corrected chi connectivity index (χ2v) is 4.78. The van der Waals surface area contributed by atoms with Crippen LogP contribution in [0.25, 0.3) is 0 Å². The van der Waals surface area contributed by atoms with E-state index < -0.39 is 0 Å². The summed E-state index contributed by atoms with van der Waals surface area (Å²) in [5, 5.41) is 14.0. The van der Waals surface area contributed by atoms with Crippen molar-refractivity contribution in [2.75, 3.05) is 11.9 Å². The van der Waals surface area contributed by atoms with E-state index in [4.69, 9.17) is 12.2 Å². The van der Waals surface area contributed by atoms with E-state index in [1.165, 1.54) is 5.56 Å². The second-order valence-electron chi connectivity index (χ2n) is 4.37. The Hall–Kier alpha value is -1.88. The first-order chi connectivity index (χ1) is 9.25. The molecule has 5 heteroatoms. The lowest BCUT2D eigenvalue weighted by Crippen LogP contribution is -2.29. The van der Waals surface area contributed by atoms with Crippen molar-refractivity contribution < 1.29 is 0 Å². The van der Waals surface area contributed by atoms with Crippen molar-refractivity contribution in [2.45, 2.75) is 19.8 Å². The highest BCUT2D eigenvalue weighted by Crippen LogP contribution is 2.06. The summed E-state index contributed by atoms with van der Waals surface area (Å²) in [4.78, 5) is 0. The Labute approximate surface area is 118 Å². The molecule has 19 heavy (non-hydrogen) atoms. The van der Waals surface area contributed by atoms with E-state index in [1.807, 2.05) is 43.5 Å². The third-order valence-electron chi connectivity index (χ3n) is 2.87. The van der Waals surface area contributed by atoms with Gasteiger partial charge in [-0.15, -0.1) is 0 Å². The normalized spacial score (nSPS) is 10.2. The van der Waals surface area contributed by atoms with Crippen LogP contribution in [0, 0.1) is 6.92 Å². The third kappa shape index (κ3) is 4.37. The number of thiocarbonyl (C=S) groups is 1. The van der Waals surface area contributed by atoms with Gasteiger partial charge in [-0.05, 0) is 49.7 Å². The molecule has 1 aromatic heterocycles. The molecule has 0 atom stereocenters. The number of para-hydroxylation sites is 1. The minimum Gasteiger partial charge on any atom is -0.362 e. The van der Waals surface area contributed by atoms with Crippen LogP contribution in [0.1, 0.15) is 17.7 Å². The number of aromatic amines is 1. The van der Waals surface area contributed by atoms with Crippen LogP contribution in [0.2, 0.25) is 0 Å². The van der Waals surface area contributed by atoms with Crippen molar-refractivity contribution in [2.24, 2.45) is 0 Å². The molecule has 1 aromatic carbocycles. The molecule has 0 fully saturated rings. The van der Waals surface area contributed by atoms with E-state index in [2.05, 4.69) is 20.8 Å². The number of anilines is 1. The number of benzene rings is 1. The Bertz CT molecular complexity index is 521. The van der Waals surface area contributed by atoms with Crippen LogP contribution in [0.3, 0.4) is 0 Å². The molecule has 0 aliphatic heterocycles. The first kappa shape index (κ1) is 13.5. The zero-order valence-electron chi connectivity index (χ0n) is 10.9. The van der Waals surface area contributed by atoms with E-state index >= 15 is 0 Å². The van der Waals surface area contributed by atoms with Crippen LogP contribution in [-0.4, -0.2) is 21.9 Å². The van der Waals surface area contributed by atoms with Gasteiger partial charge in [0.15, 0.2) is 5.11 Å². The topological polar surface area (TPSA) is 52.7 Å². The monoisotopic (exact) mass is 274 g/mol. The van der Waals surface area contributed by atoms with Crippen LogP contribution in [0.15, 0.2) is 36.5 Å². The number of hydrogen-bond donors (Lipinski definition) is 3. The molecule has 0 radical (unpaired) electrons. The minimum atomic E-state index is 0.662. The average Bonchev–Trinajstić information content (AvgIpc) is 2.81. The molecule has 1 heterocycles. The fourth-order valence-electron chi connectivity index (χ4n) is 1.81. The van der Waals surface area contributed by atoms with Gasteiger partial charge in [0.1, 0.15) is 0 Å². The molecular formula is C14H18N4S. The molecule has 2 aromatic rings. The number of H-pyrrole nitrogens is 1. The molecule has 100 valence electrons. The third-order valence-corrected chi connectivity index (χ3v) is 3.12. The van der Waals surface area contributed by atoms with Crippen LogP contribution < -0.4 is 10.6 Å². The zero-order chi connectivity index (χ0) is 13.5. The second kappa shape index (κ2) is 6.89. The van der Waals surface area contributed by atoms with E-state index in [9.17, 15) is 0 Å². The maximum Gasteiger partial charge on any atom is 0.170 e. The van der Waals surface area contributed by atoms with E-state index in [0.717, 1.165) is 30.8 Å². The Kier molecular flexibility index (Phi) is 4.92. The molecule has 0 saturated carbocycles. The van der Waals surface area contributed by atoms with Crippen LogP contribution in [-0.2, 0) is 6.42 Å². The van der Waals surface area contributed by atoms with Gasteiger partial charge in [0.05, 0.1) is 6.20 Å². The van der Waals surface area contributed by atoms with Crippen molar-refractivity contribution in [3.63, 3.8) is 0 Å². The predicted octanol–water partition coefficient (Wildman–Crippen LogP) is 2.64. The van der Waals surface area contributed by atoms with E-state index in [1.54, 1.807) is 0 Å². The van der Waals surface area contributed by atoms with Gasteiger partial charge >= 0.3 is 0 Å². The molecule has 0 aliphatic carbocycles. The van der Waals surface area contributed by atoms with Crippen molar-refractivity contribution >= 4 is 23.0 Å². The Balaban J connectivity index is 1.66. The van der Waals surface area contributed by atoms with Gasteiger partial charge in [-0.25, -0.2) is 0 Å². The number of aryl methyl sites for hydroxylation is 2. The number of nitrogens with zero attached hydrogens (tertiary/aromatic N) is 1. The van der Waals surface area contributed by atoms with Crippen molar-refractivity contribution in [3.8, 4) is 0 Å². The minimum absolute atomic E-state index is 0.662. The molecular weight excluding hydrogens is 256 g/mol. The van der Waals surface area contributed by atoms with Gasteiger partial charge in [0.2, 0.25) is 0 Å². The molecule has 0 aliphatic rings. The van der Waals surface area contributed by atoms with Crippen molar-refractivity contribution in [1.82, 2.24) is 15.5 Å². The fourth-order valence-corrected chi connectivity index (χ4v) is 2.03. The Morgan fingerprint density at radius 2 is 2.11 bits per heavy atom. The maximum absolute atomic E-state index is 5.23. The lowest BCUT2D eigenvalue weighted by molar-refractivity contribution is 0.775. The molecule has 0 bridgehead atoms. The van der Waals surface area contributed by atoms with Crippen LogP contribution >= 0.6 is 12.2 Å². The quantitative estimate of drug-likeness (QED) is 0.579. The van der Waals surface area contributed by atoms with Gasteiger partial charge in [-0.1, -0.05) is 18.2 Å². The lowest BCUT2D eigenvalue weighted by atomic mass is 10.1. The highest BCUT2D eigenvalue weighted by molar-refractivity contribution is 7.80. The van der Waals surface area contributed by atoms with Crippen molar-refractivity contribution in [3.05, 3.63) is 47.8 Å². The highest BCUT2D eigenvalue weighted by Gasteiger charge is 2.00. The molecule has 2 rings (SSSR count). The van der Waals surface area contributed by atoms with E-state index in [0.29, 0.717) is 5.11 Å². The standard InChI is InChI=1S/C14H18N4S/c1-11-12(10-16-18-11)6-5-9-15-14(19)17-13-7-3-2-4-8-13/h2-4,7-8,10H,5-6,9H2,1H3,(H,16,18)(H2,15,17,19). The summed E-state index contributed by atoms with van der Waals surface area (Å²) < 4.78 is 0. The molecule has 0 saturated heterocycles. The lowest BCUT2D eigenvalue weighted by Gasteiger charge is -2.10.